The molecule has 0 aliphatic heterocycles. The summed E-state index contributed by atoms with van der Waals surface area (Å²) in [5.74, 6) is -9.54. The van der Waals surface area contributed by atoms with Gasteiger partial charge in [-0.3, -0.25) is 47.6 Å². The van der Waals surface area contributed by atoms with Crippen molar-refractivity contribution in [2.24, 2.45) is 5.73 Å². The largest absolute Gasteiger partial charge is 0.480 e. The number of sulfonamides is 1. The lowest BCUT2D eigenvalue weighted by molar-refractivity contribution is -0.144. The molecule has 30 nitrogen and oxygen atoms in total. The fourth-order valence-electron chi connectivity index (χ4n) is 6.09. The molecule has 0 radical (unpaired) electrons. The second kappa shape index (κ2) is 37.2. The molecule has 0 spiro atoms. The van der Waals surface area contributed by atoms with E-state index in [0.717, 1.165) is 0 Å². The number of carboxylic acid groups (broad SMARTS) is 2. The van der Waals surface area contributed by atoms with E-state index in [4.69, 9.17) is 35.0 Å². The van der Waals surface area contributed by atoms with Gasteiger partial charge in [-0.05, 0) is 69.2 Å². The van der Waals surface area contributed by atoms with Gasteiger partial charge < -0.3 is 72.5 Å². The summed E-state index contributed by atoms with van der Waals surface area (Å²) in [4.78, 5) is 120. The zero-order valence-electron chi connectivity index (χ0n) is 41.2. The minimum absolute atomic E-state index is 0.00498. The maximum atomic E-state index is 12.5. The number of benzene rings is 1. The second-order valence-electron chi connectivity index (χ2n) is 16.3. The van der Waals surface area contributed by atoms with Crippen molar-refractivity contribution in [3.63, 3.8) is 0 Å². The summed E-state index contributed by atoms with van der Waals surface area (Å²) in [6.07, 6.45) is -1.39. The number of carboxylic acids is 2. The van der Waals surface area contributed by atoms with Crippen molar-refractivity contribution < 1.29 is 98.5 Å². The lowest BCUT2D eigenvalue weighted by Crippen LogP contribution is -2.45. The van der Waals surface area contributed by atoms with Gasteiger partial charge in [0.25, 0.3) is 16.0 Å². The quantitative estimate of drug-likeness (QED) is 0.0169. The van der Waals surface area contributed by atoms with Gasteiger partial charge in [0.15, 0.2) is 0 Å². The Balaban J connectivity index is 2.19. The highest BCUT2D eigenvalue weighted by Gasteiger charge is 2.25. The number of anilines is 1. The Morgan fingerprint density at radius 3 is 1.49 bits per heavy atom. The van der Waals surface area contributed by atoms with Crippen LogP contribution in [-0.2, 0) is 82.2 Å². The number of carbonyl (C=O) groups is 10. The van der Waals surface area contributed by atoms with Crippen LogP contribution in [0.4, 0.5) is 5.69 Å². The van der Waals surface area contributed by atoms with E-state index in [1.54, 1.807) is 29.0 Å². The summed E-state index contributed by atoms with van der Waals surface area (Å²) in [5.41, 5.74) is 12.0. The summed E-state index contributed by atoms with van der Waals surface area (Å²) in [7, 11) is -8.38. The third kappa shape index (κ3) is 35.3. The monoisotopic (exact) mass is 1110 g/mol. The molecule has 0 heterocycles. The first-order valence-electron chi connectivity index (χ1n) is 23.5. The summed E-state index contributed by atoms with van der Waals surface area (Å²) >= 11 is 0. The average Bonchev–Trinajstić information content (AvgIpc) is 3.31. The van der Waals surface area contributed by atoms with E-state index in [1.165, 1.54) is 0 Å². The van der Waals surface area contributed by atoms with Crippen molar-refractivity contribution in [1.82, 2.24) is 36.6 Å². The summed E-state index contributed by atoms with van der Waals surface area (Å²) in [5, 5.41) is 33.7. The molecule has 0 aromatic heterocycles. The average molecular weight is 1110 g/mol. The normalized spacial score (nSPS) is 12.5. The zero-order valence-corrected chi connectivity index (χ0v) is 42.8. The number of unbranched alkanes of at least 4 members (excludes halogenated alkanes) is 1. The van der Waals surface area contributed by atoms with Crippen molar-refractivity contribution >= 4 is 85.0 Å². The van der Waals surface area contributed by atoms with Crippen LogP contribution in [-0.4, -0.2) is 193 Å². The molecule has 32 heteroatoms. The van der Waals surface area contributed by atoms with Gasteiger partial charge in [0.05, 0.1) is 51.1 Å². The Morgan fingerprint density at radius 1 is 0.507 bits per heavy atom. The first-order valence-corrected chi connectivity index (χ1v) is 26.7. The number of amides is 8. The van der Waals surface area contributed by atoms with E-state index < -0.39 is 129 Å². The van der Waals surface area contributed by atoms with Gasteiger partial charge in [-0.1, -0.05) is 0 Å². The molecule has 424 valence electrons. The third-order valence-electron chi connectivity index (χ3n) is 9.88. The predicted molar refractivity (Wildman–Crippen MR) is 262 cm³/mol. The van der Waals surface area contributed by atoms with Gasteiger partial charge in [-0.15, -0.1) is 0 Å². The molecule has 0 aliphatic rings. The molecule has 0 bridgehead atoms. The fraction of sp³-hybridized carbons (Fsp3) is 0.628. The summed E-state index contributed by atoms with van der Waals surface area (Å²) < 4.78 is 76.7. The van der Waals surface area contributed by atoms with Crippen molar-refractivity contribution in [3.8, 4) is 0 Å². The molecule has 1 rings (SSSR count). The van der Waals surface area contributed by atoms with Gasteiger partial charge in [-0.2, -0.15) is 8.42 Å². The summed E-state index contributed by atoms with van der Waals surface area (Å²) in [6, 6.07) is 2.42. The van der Waals surface area contributed by atoms with Crippen molar-refractivity contribution in [2.75, 3.05) is 89.7 Å². The number of nitrogens with two attached hydrogens (primary N) is 2. The lowest BCUT2D eigenvalue weighted by atomic mass is 10.1. The van der Waals surface area contributed by atoms with Crippen LogP contribution in [0.3, 0.4) is 0 Å². The molecular formula is C43H69N9O21S2. The zero-order chi connectivity index (χ0) is 56.2. The maximum Gasteiger partial charge on any atom is 0.326 e. The van der Waals surface area contributed by atoms with Crippen LogP contribution in [0.1, 0.15) is 81.0 Å². The maximum absolute atomic E-state index is 12.5. The minimum Gasteiger partial charge on any atom is -0.480 e. The number of hydrogen-bond acceptors (Lipinski definition) is 19. The standard InChI is InChI=1S/C43H69N9O21S2/c44-30-10-8-29(9-11-30)41(60)48-16-2-1-5-31(40(45)59)49-38(57)27-72-23-21-71-20-18-47-35(54)14-12-32(42(61)62)50-36(55)15-13-33(43(63)64)51-39(58)28-73-24-22-70-19-17-46-34(53)6-3-25-74(65,66)52-37(56)7-4-26-75(67,68)69/h8-11,31-33H,1-7,12-28,44H2,(H2,45,59)(H,46,53)(H,47,54)(H,48,60)(H,49,57)(H,50,55)(H,51,58)(H,52,56)(H,61,62)(H,63,64)(H,67,68,69). The van der Waals surface area contributed by atoms with E-state index in [2.05, 4.69) is 31.9 Å². The highest BCUT2D eigenvalue weighted by atomic mass is 32.2. The third-order valence-corrected chi connectivity index (χ3v) is 12.1. The van der Waals surface area contributed by atoms with Crippen LogP contribution in [0, 0.1) is 0 Å². The molecule has 1 aromatic rings. The molecule has 1 aromatic carbocycles. The van der Waals surface area contributed by atoms with E-state index in [0.29, 0.717) is 30.6 Å². The molecular weight excluding hydrogens is 1040 g/mol. The molecule has 75 heavy (non-hydrogen) atoms. The number of rotatable bonds is 43. The summed E-state index contributed by atoms with van der Waals surface area (Å²) in [6.45, 7) is -0.673. The van der Waals surface area contributed by atoms with Gasteiger partial charge in [0, 0.05) is 56.6 Å². The Morgan fingerprint density at radius 2 is 0.973 bits per heavy atom. The first-order chi connectivity index (χ1) is 35.4. The van der Waals surface area contributed by atoms with Gasteiger partial charge in [0.1, 0.15) is 31.3 Å². The second-order valence-corrected chi connectivity index (χ2v) is 19.7. The molecule has 8 amide bonds. The minimum atomic E-state index is -4.30. The molecule has 0 aliphatic carbocycles. The van der Waals surface area contributed by atoms with E-state index >= 15 is 0 Å². The molecule has 0 saturated heterocycles. The molecule has 0 saturated carbocycles. The molecule has 3 atom stereocenters. The number of ether oxygens (including phenoxy) is 4. The number of primary amides is 1. The highest BCUT2D eigenvalue weighted by Crippen LogP contribution is 2.07. The van der Waals surface area contributed by atoms with Gasteiger partial charge in [0.2, 0.25) is 51.4 Å². The van der Waals surface area contributed by atoms with Crippen molar-refractivity contribution in [2.45, 2.75) is 88.8 Å². The predicted octanol–water partition coefficient (Wildman–Crippen LogP) is -3.97. The lowest BCUT2D eigenvalue weighted by Gasteiger charge is -2.17. The SMILES string of the molecule is NC(=O)C(CCCCNC(=O)c1ccc(N)cc1)NC(=O)COCCOCCNC(=O)CCC(NC(=O)CCC(NC(=O)COCCOCCNC(=O)CCCS(=O)(=O)NC(=O)CCCS(=O)(=O)O)C(=O)O)C(=O)O. The van der Waals surface area contributed by atoms with Gasteiger partial charge >= 0.3 is 11.9 Å². The highest BCUT2D eigenvalue weighted by molar-refractivity contribution is 7.90. The van der Waals surface area contributed by atoms with E-state index in [1.807, 2.05) is 0 Å². The van der Waals surface area contributed by atoms with Crippen LogP contribution >= 0.6 is 0 Å². The first kappa shape index (κ1) is 66.4. The van der Waals surface area contributed by atoms with E-state index in [9.17, 15) is 75.0 Å². The van der Waals surface area contributed by atoms with E-state index in [-0.39, 0.29) is 104 Å². The van der Waals surface area contributed by atoms with Crippen LogP contribution in [0.25, 0.3) is 0 Å². The number of nitrogen functional groups attached to an aromatic ring is 1. The number of hydrogen-bond donors (Lipinski definition) is 12. The number of carbonyl (C=O) groups excluding carboxylic acids is 8. The van der Waals surface area contributed by atoms with Crippen LogP contribution in [0.5, 0.6) is 0 Å². The van der Waals surface area contributed by atoms with Crippen LogP contribution in [0.15, 0.2) is 24.3 Å². The molecule has 0 fully saturated rings. The van der Waals surface area contributed by atoms with Crippen LogP contribution in [0.2, 0.25) is 0 Å². The number of aliphatic carboxylic acids is 2. The Kier molecular flexibility index (Phi) is 32.9. The Bertz CT molecular complexity index is 2250. The topological polar surface area (TPSA) is 473 Å². The molecule has 3 unspecified atom stereocenters. The van der Waals surface area contributed by atoms with Crippen molar-refractivity contribution in [3.05, 3.63) is 29.8 Å². The van der Waals surface area contributed by atoms with Gasteiger partial charge in [-0.25, -0.2) is 18.0 Å². The van der Waals surface area contributed by atoms with Crippen molar-refractivity contribution in [1.29, 1.82) is 0 Å². The smallest absolute Gasteiger partial charge is 0.326 e. The fourth-order valence-corrected chi connectivity index (χ4v) is 7.67. The van der Waals surface area contributed by atoms with Crippen LogP contribution < -0.4 is 48.1 Å². The number of nitrogens with one attached hydrogen (secondary N) is 7. The molecule has 14 N–H and O–H groups in total. The Labute approximate surface area is 433 Å². The Hall–Kier alpha value is -6.58.